The van der Waals surface area contributed by atoms with E-state index in [4.69, 9.17) is 0 Å². The number of benzene rings is 1. The first-order valence-electron chi connectivity index (χ1n) is 21.0. The number of rotatable bonds is 9. The highest BCUT2D eigenvalue weighted by Gasteiger charge is 2.70. The summed E-state index contributed by atoms with van der Waals surface area (Å²) in [6, 6.07) is 7.60. The Morgan fingerprint density at radius 3 is 2.21 bits per heavy atom. The molecule has 294 valence electrons. The summed E-state index contributed by atoms with van der Waals surface area (Å²) in [4.78, 5) is 14.0. The largest absolute Gasteiger partial charge is 0.478 e. The molecule has 5 fully saturated rings. The van der Waals surface area contributed by atoms with Crippen LogP contribution in [0.15, 0.2) is 42.5 Å². The van der Waals surface area contributed by atoms with E-state index < -0.39 is 16.0 Å². The number of nitrogens with zero attached hydrogens (tertiary/aromatic N) is 2. The van der Waals surface area contributed by atoms with Crippen LogP contribution in [0.1, 0.15) is 129 Å². The smallest absolute Gasteiger partial charge is 0.335 e. The van der Waals surface area contributed by atoms with E-state index in [-0.39, 0.29) is 32.4 Å². The molecule has 6 aliphatic rings. The molecule has 1 aromatic rings. The lowest BCUT2D eigenvalue weighted by molar-refractivity contribution is -0.219. The Balaban J connectivity index is 1.10. The number of allylic oxidation sites excluding steroid dienone is 3. The van der Waals surface area contributed by atoms with E-state index in [1.807, 2.05) is 12.1 Å². The molecule has 0 aromatic heterocycles. The summed E-state index contributed by atoms with van der Waals surface area (Å²) < 4.78 is 27.2. The van der Waals surface area contributed by atoms with Gasteiger partial charge in [0.1, 0.15) is 0 Å². The standard InChI is InChI=1S/C45H69N3O4S/c1-30(2)34-16-21-45(46-24-25-47-26-28-48(29-27-47)53(51,52)31(3)4)23-22-43(8)36(39(34)45)14-15-38-42(7)19-17-35(32-10-12-33(13-11-32)40(49)50)41(5,6)37(42)18-20-44(38,43)9/h10-13,17,31,34,36-39,46H,1,14-16,18-29H2,2-9H3,(H,49,50)/t34-,36+,37-,38+,39+,42-,43+,44+,45-/m0/s1. The fraction of sp³-hybridized carbons (Fsp3) is 0.756. The van der Waals surface area contributed by atoms with Crippen molar-refractivity contribution in [3.8, 4) is 0 Å². The van der Waals surface area contributed by atoms with Gasteiger partial charge in [-0.1, -0.05) is 65.0 Å². The quantitative estimate of drug-likeness (QED) is 0.246. The number of carboxylic acid groups (broad SMARTS) is 1. The van der Waals surface area contributed by atoms with Crippen molar-refractivity contribution < 1.29 is 18.3 Å². The molecule has 2 N–H and O–H groups in total. The summed E-state index contributed by atoms with van der Waals surface area (Å²) in [5, 5.41) is 13.4. The number of sulfonamides is 1. The van der Waals surface area contributed by atoms with Crippen molar-refractivity contribution in [1.82, 2.24) is 14.5 Å². The zero-order valence-electron chi connectivity index (χ0n) is 34.1. The molecule has 8 heteroatoms. The van der Waals surface area contributed by atoms with E-state index in [1.54, 1.807) is 30.3 Å². The molecular weight excluding hydrogens is 679 g/mol. The van der Waals surface area contributed by atoms with Gasteiger partial charge >= 0.3 is 5.97 Å². The summed E-state index contributed by atoms with van der Waals surface area (Å²) in [6.07, 6.45) is 13.8. The Morgan fingerprint density at radius 1 is 0.906 bits per heavy atom. The summed E-state index contributed by atoms with van der Waals surface area (Å²) in [7, 11) is -3.19. The molecule has 0 unspecified atom stereocenters. The predicted molar refractivity (Wildman–Crippen MR) is 216 cm³/mol. The average Bonchev–Trinajstić information content (AvgIpc) is 3.49. The third-order valence-electron chi connectivity index (χ3n) is 17.3. The topological polar surface area (TPSA) is 90.0 Å². The van der Waals surface area contributed by atoms with Crippen LogP contribution in [0.4, 0.5) is 0 Å². The minimum Gasteiger partial charge on any atom is -0.478 e. The van der Waals surface area contributed by atoms with Crippen molar-refractivity contribution >= 4 is 21.6 Å². The van der Waals surface area contributed by atoms with Gasteiger partial charge in [-0.15, -0.1) is 0 Å². The maximum atomic E-state index is 12.8. The van der Waals surface area contributed by atoms with E-state index in [1.165, 1.54) is 68.1 Å². The maximum absolute atomic E-state index is 12.8. The molecule has 0 amide bonds. The molecule has 0 radical (unpaired) electrons. The zero-order valence-corrected chi connectivity index (χ0v) is 35.0. The van der Waals surface area contributed by atoms with Crippen LogP contribution >= 0.6 is 0 Å². The summed E-state index contributed by atoms with van der Waals surface area (Å²) in [5.74, 6) is 2.23. The Labute approximate surface area is 321 Å². The number of aromatic carboxylic acids is 1. The van der Waals surface area contributed by atoms with E-state index in [2.05, 4.69) is 64.4 Å². The van der Waals surface area contributed by atoms with Crippen LogP contribution in [0.2, 0.25) is 0 Å². The lowest BCUT2D eigenvalue weighted by atomic mass is 9.33. The van der Waals surface area contributed by atoms with E-state index in [0.29, 0.717) is 48.2 Å². The van der Waals surface area contributed by atoms with E-state index >= 15 is 0 Å². The second kappa shape index (κ2) is 13.6. The first-order valence-corrected chi connectivity index (χ1v) is 22.5. The van der Waals surface area contributed by atoms with E-state index in [0.717, 1.165) is 32.6 Å². The second-order valence-corrected chi connectivity index (χ2v) is 22.5. The molecule has 1 heterocycles. The summed E-state index contributed by atoms with van der Waals surface area (Å²) >= 11 is 0. The van der Waals surface area contributed by atoms with E-state index in [9.17, 15) is 18.3 Å². The maximum Gasteiger partial charge on any atom is 0.335 e. The molecule has 4 saturated carbocycles. The van der Waals surface area contributed by atoms with Crippen molar-refractivity contribution in [2.75, 3.05) is 39.3 Å². The fourth-order valence-corrected chi connectivity index (χ4v) is 15.6. The van der Waals surface area contributed by atoms with Crippen molar-refractivity contribution in [3.63, 3.8) is 0 Å². The van der Waals surface area contributed by atoms with Crippen LogP contribution in [0.25, 0.3) is 5.57 Å². The van der Waals surface area contributed by atoms with Crippen molar-refractivity contribution in [1.29, 1.82) is 0 Å². The Bertz CT molecular complexity index is 1730. The SMILES string of the molecule is C=C(C)[C@@H]1CC[C@]2(NCCN3CCN(S(=O)(=O)C(C)C)CC3)CC[C@]3(C)[C@H](CC[C@@H]4[C@@]5(C)CC=C(c6ccc(C(=O)O)cc6)C(C)(C)[C@@H]5CC[C@]43C)[C@@H]12. The molecule has 9 atom stereocenters. The van der Waals surface area contributed by atoms with Gasteiger partial charge in [0.25, 0.3) is 0 Å². The number of carboxylic acids is 1. The third kappa shape index (κ3) is 6.05. The van der Waals surface area contributed by atoms with Crippen molar-refractivity contribution in [2.24, 2.45) is 51.2 Å². The Hall–Kier alpha value is -2.00. The van der Waals surface area contributed by atoms with Gasteiger partial charge in [0, 0.05) is 44.8 Å². The third-order valence-corrected chi connectivity index (χ3v) is 19.6. The number of fused-ring (bicyclic) bond motifs is 7. The highest BCUT2D eigenvalue weighted by atomic mass is 32.2. The minimum absolute atomic E-state index is 0.00822. The Morgan fingerprint density at radius 2 is 1.58 bits per heavy atom. The Kier molecular flexibility index (Phi) is 10.1. The van der Waals surface area contributed by atoms with Crippen LogP contribution < -0.4 is 5.32 Å². The van der Waals surface area contributed by atoms with Gasteiger partial charge in [-0.25, -0.2) is 13.2 Å². The number of hydrogen-bond donors (Lipinski definition) is 2. The molecule has 0 bridgehead atoms. The number of piperazine rings is 1. The number of carbonyl (C=O) groups is 1. The van der Waals surface area contributed by atoms with Gasteiger partial charge in [-0.05, 0) is 153 Å². The molecule has 0 spiro atoms. The normalized spacial score (nSPS) is 40.1. The first kappa shape index (κ1) is 39.2. The molecule has 7 rings (SSSR count). The number of nitrogens with one attached hydrogen (secondary N) is 1. The zero-order chi connectivity index (χ0) is 38.4. The van der Waals surface area contributed by atoms with Crippen LogP contribution in [0, 0.1) is 51.2 Å². The lowest BCUT2D eigenvalue weighted by Gasteiger charge is -2.72. The van der Waals surface area contributed by atoms with Crippen molar-refractivity contribution in [3.05, 3.63) is 53.6 Å². The summed E-state index contributed by atoms with van der Waals surface area (Å²) in [6.45, 7) is 28.2. The first-order chi connectivity index (χ1) is 24.8. The molecule has 1 aliphatic heterocycles. The monoisotopic (exact) mass is 748 g/mol. The molecule has 5 aliphatic carbocycles. The highest BCUT2D eigenvalue weighted by molar-refractivity contribution is 7.89. The highest BCUT2D eigenvalue weighted by Crippen LogP contribution is 2.76. The summed E-state index contributed by atoms with van der Waals surface area (Å²) in [5.41, 5.74) is 5.23. The molecular formula is C45H69N3O4S. The molecule has 53 heavy (non-hydrogen) atoms. The molecule has 1 aromatic carbocycles. The van der Waals surface area contributed by atoms with Crippen molar-refractivity contribution in [2.45, 2.75) is 124 Å². The van der Waals surface area contributed by atoms with Gasteiger partial charge in [-0.3, -0.25) is 4.90 Å². The van der Waals surface area contributed by atoms with Crippen LogP contribution in [-0.2, 0) is 10.0 Å². The minimum atomic E-state index is -3.19. The van der Waals surface area contributed by atoms with Crippen LogP contribution in [-0.4, -0.2) is 78.8 Å². The predicted octanol–water partition coefficient (Wildman–Crippen LogP) is 8.73. The van der Waals surface area contributed by atoms with Crippen LogP contribution in [0.5, 0.6) is 0 Å². The van der Waals surface area contributed by atoms with Crippen LogP contribution in [0.3, 0.4) is 0 Å². The van der Waals surface area contributed by atoms with Gasteiger partial charge in [0.05, 0.1) is 10.8 Å². The number of hydrogen-bond acceptors (Lipinski definition) is 5. The molecule has 7 nitrogen and oxygen atoms in total. The fourth-order valence-electron chi connectivity index (χ4n) is 14.3. The average molecular weight is 748 g/mol. The lowest BCUT2D eigenvalue weighted by Crippen LogP contribution is -2.68. The van der Waals surface area contributed by atoms with Gasteiger partial charge in [0.2, 0.25) is 10.0 Å². The molecule has 1 saturated heterocycles. The second-order valence-electron chi connectivity index (χ2n) is 20.0. The van der Waals surface area contributed by atoms with Gasteiger partial charge in [-0.2, -0.15) is 4.31 Å². The van der Waals surface area contributed by atoms with Gasteiger partial charge in [0.15, 0.2) is 0 Å². The van der Waals surface area contributed by atoms with Gasteiger partial charge < -0.3 is 10.4 Å².